The first-order valence-corrected chi connectivity index (χ1v) is 6.55. The lowest BCUT2D eigenvalue weighted by atomic mass is 10.2. The molecule has 0 aliphatic carbocycles. The maximum atomic E-state index is 12.1. The third-order valence-electron chi connectivity index (χ3n) is 3.18. The lowest BCUT2D eigenvalue weighted by Crippen LogP contribution is -2.30. The Bertz CT molecular complexity index is 735. The van der Waals surface area contributed by atoms with Crippen LogP contribution in [0.4, 0.5) is 5.69 Å². The van der Waals surface area contributed by atoms with Crippen molar-refractivity contribution in [2.24, 2.45) is 0 Å². The number of hydrogen-bond acceptors (Lipinski definition) is 3. The number of para-hydroxylation sites is 3. The van der Waals surface area contributed by atoms with Gasteiger partial charge in [-0.15, -0.1) is 0 Å². The number of carbonyl (C=O) groups is 2. The molecule has 2 aromatic carbocycles. The van der Waals surface area contributed by atoms with Gasteiger partial charge in [-0.25, -0.2) is 4.90 Å². The Morgan fingerprint density at radius 1 is 0.905 bits per heavy atom. The van der Waals surface area contributed by atoms with Crippen LogP contribution >= 0.6 is 0 Å². The van der Waals surface area contributed by atoms with Crippen LogP contribution in [0.5, 0.6) is 11.5 Å². The second-order valence-electron chi connectivity index (χ2n) is 4.69. The standard InChI is InChI=1S/C17H13NO3/c1-12-11-16(19)18(17(12)20)14-9-5-6-10-15(14)21-13-7-3-2-4-8-13/h2-11H,1H3. The Hall–Kier alpha value is -2.88. The third-order valence-corrected chi connectivity index (χ3v) is 3.18. The molecule has 3 rings (SSSR count). The first kappa shape index (κ1) is 13.1. The van der Waals surface area contributed by atoms with Crippen LogP contribution in [0.1, 0.15) is 6.92 Å². The molecule has 0 radical (unpaired) electrons. The van der Waals surface area contributed by atoms with Crippen LogP contribution in [-0.4, -0.2) is 11.8 Å². The molecule has 104 valence electrons. The smallest absolute Gasteiger partial charge is 0.261 e. The van der Waals surface area contributed by atoms with Gasteiger partial charge in [0.05, 0.1) is 5.69 Å². The summed E-state index contributed by atoms with van der Waals surface area (Å²) in [5.74, 6) is 0.452. The number of carbonyl (C=O) groups excluding carboxylic acids is 2. The van der Waals surface area contributed by atoms with E-state index in [-0.39, 0.29) is 11.8 Å². The highest BCUT2D eigenvalue weighted by atomic mass is 16.5. The van der Waals surface area contributed by atoms with Gasteiger partial charge in [0.2, 0.25) is 0 Å². The Labute approximate surface area is 122 Å². The van der Waals surface area contributed by atoms with E-state index in [1.807, 2.05) is 30.3 Å². The van der Waals surface area contributed by atoms with Gasteiger partial charge < -0.3 is 4.74 Å². The summed E-state index contributed by atoms with van der Waals surface area (Å²) in [6, 6.07) is 16.2. The fourth-order valence-corrected chi connectivity index (χ4v) is 2.16. The van der Waals surface area contributed by atoms with Crippen LogP contribution in [0.25, 0.3) is 0 Å². The van der Waals surface area contributed by atoms with Crippen molar-refractivity contribution in [1.29, 1.82) is 0 Å². The van der Waals surface area contributed by atoms with Crippen LogP contribution in [-0.2, 0) is 9.59 Å². The van der Waals surface area contributed by atoms with Gasteiger partial charge >= 0.3 is 0 Å². The predicted octanol–water partition coefficient (Wildman–Crippen LogP) is 3.30. The van der Waals surface area contributed by atoms with Gasteiger partial charge in [0.25, 0.3) is 11.8 Å². The van der Waals surface area contributed by atoms with Crippen molar-refractivity contribution < 1.29 is 14.3 Å². The normalized spacial score (nSPS) is 14.3. The van der Waals surface area contributed by atoms with Crippen molar-refractivity contribution in [3.05, 3.63) is 66.2 Å². The quantitative estimate of drug-likeness (QED) is 0.810. The molecule has 2 amide bonds. The van der Waals surface area contributed by atoms with Crippen LogP contribution < -0.4 is 9.64 Å². The summed E-state index contributed by atoms with van der Waals surface area (Å²) in [7, 11) is 0. The van der Waals surface area contributed by atoms with Gasteiger partial charge in [0, 0.05) is 11.6 Å². The number of imide groups is 1. The van der Waals surface area contributed by atoms with E-state index in [0.717, 1.165) is 4.90 Å². The molecule has 0 saturated heterocycles. The van der Waals surface area contributed by atoms with Gasteiger partial charge in [0.1, 0.15) is 5.75 Å². The van der Waals surface area contributed by atoms with Crippen molar-refractivity contribution >= 4 is 17.5 Å². The molecule has 4 heteroatoms. The molecule has 1 aliphatic heterocycles. The van der Waals surface area contributed by atoms with Crippen LogP contribution in [0.2, 0.25) is 0 Å². The summed E-state index contributed by atoms with van der Waals surface area (Å²) in [5.41, 5.74) is 0.874. The SMILES string of the molecule is CC1=CC(=O)N(c2ccccc2Oc2ccccc2)C1=O. The van der Waals surface area contributed by atoms with E-state index in [0.29, 0.717) is 22.8 Å². The zero-order valence-corrected chi connectivity index (χ0v) is 11.4. The Balaban J connectivity index is 1.98. The van der Waals surface area contributed by atoms with E-state index >= 15 is 0 Å². The van der Waals surface area contributed by atoms with E-state index < -0.39 is 0 Å². The summed E-state index contributed by atoms with van der Waals surface area (Å²) >= 11 is 0. The third kappa shape index (κ3) is 2.43. The number of anilines is 1. The van der Waals surface area contributed by atoms with E-state index in [4.69, 9.17) is 4.74 Å². The molecule has 0 fully saturated rings. The molecule has 1 heterocycles. The molecular formula is C17H13NO3. The number of hydrogen-bond donors (Lipinski definition) is 0. The summed E-state index contributed by atoms with van der Waals surface area (Å²) < 4.78 is 5.78. The highest BCUT2D eigenvalue weighted by Crippen LogP contribution is 2.34. The van der Waals surface area contributed by atoms with Gasteiger partial charge in [-0.2, -0.15) is 0 Å². The fraction of sp³-hybridized carbons (Fsp3) is 0.0588. The zero-order chi connectivity index (χ0) is 14.8. The molecule has 2 aromatic rings. The predicted molar refractivity (Wildman–Crippen MR) is 79.2 cm³/mol. The second-order valence-corrected chi connectivity index (χ2v) is 4.69. The lowest BCUT2D eigenvalue weighted by Gasteiger charge is -2.18. The van der Waals surface area contributed by atoms with Crippen LogP contribution in [0.15, 0.2) is 66.2 Å². The Morgan fingerprint density at radius 3 is 2.24 bits per heavy atom. The van der Waals surface area contributed by atoms with Crippen molar-refractivity contribution in [2.75, 3.05) is 4.90 Å². The van der Waals surface area contributed by atoms with Gasteiger partial charge in [-0.3, -0.25) is 9.59 Å². The number of amides is 2. The van der Waals surface area contributed by atoms with E-state index in [1.54, 1.807) is 31.2 Å². The molecule has 0 unspecified atom stereocenters. The monoisotopic (exact) mass is 279 g/mol. The Kier molecular flexibility index (Phi) is 3.28. The maximum absolute atomic E-state index is 12.1. The summed E-state index contributed by atoms with van der Waals surface area (Å²) in [4.78, 5) is 25.2. The molecule has 0 N–H and O–H groups in total. The molecule has 4 nitrogen and oxygen atoms in total. The molecule has 0 atom stereocenters. The summed E-state index contributed by atoms with van der Waals surface area (Å²) in [5, 5.41) is 0. The second kappa shape index (κ2) is 5.25. The minimum atomic E-state index is -0.346. The van der Waals surface area contributed by atoms with Crippen molar-refractivity contribution in [1.82, 2.24) is 0 Å². The zero-order valence-electron chi connectivity index (χ0n) is 11.4. The van der Waals surface area contributed by atoms with Crippen LogP contribution in [0, 0.1) is 0 Å². The minimum Gasteiger partial charge on any atom is -0.455 e. The fourth-order valence-electron chi connectivity index (χ4n) is 2.16. The van der Waals surface area contributed by atoms with Crippen molar-refractivity contribution in [2.45, 2.75) is 6.92 Å². The van der Waals surface area contributed by atoms with Crippen molar-refractivity contribution in [3.63, 3.8) is 0 Å². The molecule has 0 aromatic heterocycles. The highest BCUT2D eigenvalue weighted by Gasteiger charge is 2.31. The average molecular weight is 279 g/mol. The van der Waals surface area contributed by atoms with Crippen LogP contribution in [0.3, 0.4) is 0 Å². The minimum absolute atomic E-state index is 0.316. The maximum Gasteiger partial charge on any atom is 0.261 e. The largest absolute Gasteiger partial charge is 0.455 e. The first-order valence-electron chi connectivity index (χ1n) is 6.55. The van der Waals surface area contributed by atoms with E-state index in [9.17, 15) is 9.59 Å². The molecule has 21 heavy (non-hydrogen) atoms. The highest BCUT2D eigenvalue weighted by molar-refractivity contribution is 6.30. The van der Waals surface area contributed by atoms with Gasteiger partial charge in [-0.05, 0) is 31.2 Å². The van der Waals surface area contributed by atoms with E-state index in [2.05, 4.69) is 0 Å². The Morgan fingerprint density at radius 2 is 1.57 bits per heavy atom. The number of nitrogens with zero attached hydrogens (tertiary/aromatic N) is 1. The van der Waals surface area contributed by atoms with Gasteiger partial charge in [0.15, 0.2) is 5.75 Å². The molecule has 0 spiro atoms. The summed E-state index contributed by atoms with van der Waals surface area (Å²) in [6.45, 7) is 1.63. The molecule has 0 bridgehead atoms. The van der Waals surface area contributed by atoms with Crippen molar-refractivity contribution in [3.8, 4) is 11.5 Å². The molecule has 1 aliphatic rings. The number of rotatable bonds is 3. The molecule has 0 saturated carbocycles. The number of ether oxygens (including phenoxy) is 1. The average Bonchev–Trinajstić information content (AvgIpc) is 2.74. The number of benzene rings is 2. The summed E-state index contributed by atoms with van der Waals surface area (Å²) in [6.07, 6.45) is 1.33. The first-order chi connectivity index (χ1) is 10.2. The molecular weight excluding hydrogens is 266 g/mol. The van der Waals surface area contributed by atoms with Gasteiger partial charge in [-0.1, -0.05) is 30.3 Å². The topological polar surface area (TPSA) is 46.6 Å². The van der Waals surface area contributed by atoms with E-state index in [1.165, 1.54) is 6.08 Å². The lowest BCUT2D eigenvalue weighted by molar-refractivity contribution is -0.120.